The summed E-state index contributed by atoms with van der Waals surface area (Å²) in [6, 6.07) is -0.193. The molecule has 0 saturated carbocycles. The molecule has 1 saturated heterocycles. The van der Waals surface area contributed by atoms with Gasteiger partial charge in [-0.2, -0.15) is 0 Å². The van der Waals surface area contributed by atoms with E-state index in [2.05, 4.69) is 15.4 Å². The van der Waals surface area contributed by atoms with Crippen molar-refractivity contribution in [2.45, 2.75) is 25.8 Å². The number of hydrogen-bond acceptors (Lipinski definition) is 4. The highest BCUT2D eigenvalue weighted by molar-refractivity contribution is 7.89. The van der Waals surface area contributed by atoms with Gasteiger partial charge in [-0.05, 0) is 32.4 Å². The summed E-state index contributed by atoms with van der Waals surface area (Å²) in [5.74, 6) is 0.101. The lowest BCUT2D eigenvalue weighted by Gasteiger charge is -2.28. The Morgan fingerprint density at radius 3 is 2.76 bits per heavy atom. The predicted molar refractivity (Wildman–Crippen MR) is 66.0 cm³/mol. The fraction of sp³-hybridized carbons (Fsp3) is 0.900. The molecule has 1 heterocycles. The molecule has 2 atom stereocenters. The van der Waals surface area contributed by atoms with Gasteiger partial charge in [0.25, 0.3) is 0 Å². The van der Waals surface area contributed by atoms with Gasteiger partial charge in [-0.25, -0.2) is 13.1 Å². The Hall–Kier alpha value is -0.660. The van der Waals surface area contributed by atoms with Crippen LogP contribution in [0.15, 0.2) is 0 Å². The third-order valence-corrected chi connectivity index (χ3v) is 4.40. The average Bonchev–Trinajstić information content (AvgIpc) is 2.29. The maximum Gasteiger partial charge on any atom is 0.237 e. The van der Waals surface area contributed by atoms with Crippen molar-refractivity contribution in [3.05, 3.63) is 0 Å². The molecule has 1 fully saturated rings. The molecule has 0 aromatic rings. The van der Waals surface area contributed by atoms with Crippen LogP contribution in [0.4, 0.5) is 0 Å². The van der Waals surface area contributed by atoms with E-state index in [1.54, 1.807) is 0 Å². The lowest BCUT2D eigenvalue weighted by molar-refractivity contribution is -0.124. The van der Waals surface area contributed by atoms with E-state index in [1.807, 2.05) is 6.92 Å². The first-order chi connectivity index (χ1) is 7.96. The van der Waals surface area contributed by atoms with Crippen molar-refractivity contribution in [1.29, 1.82) is 0 Å². The highest BCUT2D eigenvalue weighted by Crippen LogP contribution is 2.15. The van der Waals surface area contributed by atoms with Gasteiger partial charge in [0.1, 0.15) is 0 Å². The minimum absolute atomic E-state index is 0.0870. The van der Waals surface area contributed by atoms with Crippen LogP contribution in [0.3, 0.4) is 0 Å². The van der Waals surface area contributed by atoms with Gasteiger partial charge >= 0.3 is 0 Å². The summed E-state index contributed by atoms with van der Waals surface area (Å²) >= 11 is 0. The molecule has 0 aromatic carbocycles. The highest BCUT2D eigenvalue weighted by atomic mass is 32.2. The molecular weight excluding hydrogens is 242 g/mol. The summed E-state index contributed by atoms with van der Waals surface area (Å²) in [4.78, 5) is 11.8. The van der Waals surface area contributed by atoms with Crippen LogP contribution in [0.5, 0.6) is 0 Å². The number of carbonyl (C=O) groups is 1. The van der Waals surface area contributed by atoms with Crippen molar-refractivity contribution < 1.29 is 13.2 Å². The van der Waals surface area contributed by atoms with Crippen LogP contribution in [0.2, 0.25) is 0 Å². The summed E-state index contributed by atoms with van der Waals surface area (Å²) in [6.07, 6.45) is 2.11. The maximum atomic E-state index is 11.8. The second kappa shape index (κ2) is 6.32. The minimum atomic E-state index is -3.24. The summed E-state index contributed by atoms with van der Waals surface area (Å²) in [5, 5.41) is 5.81. The molecule has 0 radical (unpaired) electrons. The van der Waals surface area contributed by atoms with Gasteiger partial charge in [-0.1, -0.05) is 6.92 Å². The van der Waals surface area contributed by atoms with E-state index in [4.69, 9.17) is 0 Å². The first-order valence-corrected chi connectivity index (χ1v) is 7.54. The molecule has 0 spiro atoms. The van der Waals surface area contributed by atoms with E-state index in [-0.39, 0.29) is 24.2 Å². The van der Waals surface area contributed by atoms with Gasteiger partial charge < -0.3 is 10.6 Å². The molecular formula is C10H21N3O3S. The molecule has 1 aliphatic heterocycles. The van der Waals surface area contributed by atoms with Gasteiger partial charge in [0.2, 0.25) is 15.9 Å². The first kappa shape index (κ1) is 14.4. The van der Waals surface area contributed by atoms with Crippen LogP contribution < -0.4 is 15.4 Å². The summed E-state index contributed by atoms with van der Waals surface area (Å²) in [6.45, 7) is 3.02. The third-order valence-electron chi connectivity index (χ3n) is 3.03. The molecule has 2 unspecified atom stereocenters. The molecule has 17 heavy (non-hydrogen) atoms. The van der Waals surface area contributed by atoms with E-state index < -0.39 is 10.0 Å². The van der Waals surface area contributed by atoms with Crippen molar-refractivity contribution in [3.8, 4) is 0 Å². The monoisotopic (exact) mass is 263 g/mol. The Morgan fingerprint density at radius 1 is 1.47 bits per heavy atom. The second-order valence-corrected chi connectivity index (χ2v) is 6.41. The van der Waals surface area contributed by atoms with Gasteiger partial charge in [0.05, 0.1) is 11.8 Å². The molecule has 7 heteroatoms. The molecule has 100 valence electrons. The van der Waals surface area contributed by atoms with Crippen molar-refractivity contribution in [2.24, 2.45) is 5.92 Å². The zero-order valence-corrected chi connectivity index (χ0v) is 11.1. The molecule has 0 aromatic heterocycles. The predicted octanol–water partition coefficient (Wildman–Crippen LogP) is -0.960. The number of sulfonamides is 1. The maximum absolute atomic E-state index is 11.8. The van der Waals surface area contributed by atoms with Crippen LogP contribution in [-0.4, -0.2) is 46.3 Å². The van der Waals surface area contributed by atoms with Crippen LogP contribution in [0.25, 0.3) is 0 Å². The summed E-state index contributed by atoms with van der Waals surface area (Å²) < 4.78 is 24.5. The normalized spacial score (nSPS) is 25.5. The lowest BCUT2D eigenvalue weighted by Crippen LogP contribution is -2.51. The zero-order chi connectivity index (χ0) is 12.9. The first-order valence-electron chi connectivity index (χ1n) is 5.88. The van der Waals surface area contributed by atoms with Crippen LogP contribution in [-0.2, 0) is 14.8 Å². The van der Waals surface area contributed by atoms with E-state index in [9.17, 15) is 13.2 Å². The van der Waals surface area contributed by atoms with E-state index >= 15 is 0 Å². The molecule has 0 aliphatic carbocycles. The van der Waals surface area contributed by atoms with Gasteiger partial charge in [0, 0.05) is 6.54 Å². The Bertz CT molecular complexity index is 356. The number of carbonyl (C=O) groups excluding carboxylic acids is 1. The smallest absolute Gasteiger partial charge is 0.237 e. The standard InChI is InChI=1S/C10H21N3O3S/c1-8-4-3-5-12-9(8)10(14)13-6-7-17(15,16)11-2/h8-9,11-12H,3-7H2,1-2H3,(H,13,14). The number of nitrogens with one attached hydrogen (secondary N) is 3. The fourth-order valence-corrected chi connectivity index (χ4v) is 2.50. The Labute approximate surface area is 103 Å². The Morgan fingerprint density at radius 2 is 2.18 bits per heavy atom. The quantitative estimate of drug-likeness (QED) is 0.596. The Balaban J connectivity index is 2.34. The average molecular weight is 263 g/mol. The lowest BCUT2D eigenvalue weighted by atomic mass is 9.92. The fourth-order valence-electron chi connectivity index (χ4n) is 1.92. The van der Waals surface area contributed by atoms with Crippen molar-refractivity contribution in [1.82, 2.24) is 15.4 Å². The molecule has 3 N–H and O–H groups in total. The van der Waals surface area contributed by atoms with Crippen molar-refractivity contribution >= 4 is 15.9 Å². The van der Waals surface area contributed by atoms with E-state index in [0.29, 0.717) is 5.92 Å². The largest absolute Gasteiger partial charge is 0.354 e. The molecule has 1 rings (SSSR count). The second-order valence-electron chi connectivity index (χ2n) is 4.37. The van der Waals surface area contributed by atoms with E-state index in [0.717, 1.165) is 19.4 Å². The van der Waals surface area contributed by atoms with Crippen LogP contribution in [0, 0.1) is 5.92 Å². The van der Waals surface area contributed by atoms with Gasteiger partial charge in [-0.3, -0.25) is 4.79 Å². The number of piperidine rings is 1. The zero-order valence-electron chi connectivity index (χ0n) is 10.3. The molecule has 6 nitrogen and oxygen atoms in total. The highest BCUT2D eigenvalue weighted by Gasteiger charge is 2.27. The number of amides is 1. The van der Waals surface area contributed by atoms with Crippen LogP contribution in [0.1, 0.15) is 19.8 Å². The minimum Gasteiger partial charge on any atom is -0.354 e. The number of hydrogen-bond donors (Lipinski definition) is 3. The summed E-state index contributed by atoms with van der Waals surface area (Å²) in [7, 11) is -1.88. The van der Waals surface area contributed by atoms with Gasteiger partial charge in [-0.15, -0.1) is 0 Å². The Kier molecular flexibility index (Phi) is 5.35. The molecule has 1 amide bonds. The van der Waals surface area contributed by atoms with Gasteiger partial charge in [0.15, 0.2) is 0 Å². The van der Waals surface area contributed by atoms with Crippen LogP contribution >= 0.6 is 0 Å². The van der Waals surface area contributed by atoms with E-state index in [1.165, 1.54) is 7.05 Å². The third kappa shape index (κ3) is 4.61. The molecule has 0 bridgehead atoms. The molecule has 1 aliphatic rings. The topological polar surface area (TPSA) is 87.3 Å². The van der Waals surface area contributed by atoms with Crippen molar-refractivity contribution in [2.75, 3.05) is 25.9 Å². The van der Waals surface area contributed by atoms with Crippen molar-refractivity contribution in [3.63, 3.8) is 0 Å². The SMILES string of the molecule is CNS(=O)(=O)CCNC(=O)C1NCCCC1C. The number of rotatable bonds is 5. The summed E-state index contributed by atoms with van der Waals surface area (Å²) in [5.41, 5.74) is 0.